The number of ketones is 1. The molecule has 22 heavy (non-hydrogen) atoms. The molecule has 1 aliphatic rings. The Balaban J connectivity index is 2.33. The second kappa shape index (κ2) is 11.6. The van der Waals surface area contributed by atoms with Crippen LogP contribution in [0.4, 0.5) is 0 Å². The van der Waals surface area contributed by atoms with Crippen LogP contribution in [0.2, 0.25) is 0 Å². The SMILES string of the molecule is CCON=CCCCC1=C(O)CC(CCCSCC)CC1=O. The van der Waals surface area contributed by atoms with Crippen LogP contribution in [-0.2, 0) is 9.63 Å². The maximum Gasteiger partial charge on any atom is 0.162 e. The van der Waals surface area contributed by atoms with Gasteiger partial charge in [0.25, 0.3) is 0 Å². The van der Waals surface area contributed by atoms with E-state index in [-0.39, 0.29) is 5.78 Å². The molecule has 1 rings (SSSR count). The third-order valence-corrected chi connectivity index (χ3v) is 4.77. The molecule has 0 aliphatic heterocycles. The minimum absolute atomic E-state index is 0.138. The van der Waals surface area contributed by atoms with Crippen molar-refractivity contribution >= 4 is 23.8 Å². The van der Waals surface area contributed by atoms with Crippen molar-refractivity contribution in [3.63, 3.8) is 0 Å². The normalized spacial score (nSPS) is 19.2. The highest BCUT2D eigenvalue weighted by Gasteiger charge is 2.26. The Labute approximate surface area is 138 Å². The average Bonchev–Trinajstić information content (AvgIpc) is 2.49. The number of Topliss-reactive ketones (excluding diaryl/α,β-unsaturated/α-hetero) is 1. The molecule has 0 fully saturated rings. The van der Waals surface area contributed by atoms with Gasteiger partial charge in [0.2, 0.25) is 0 Å². The first-order chi connectivity index (χ1) is 10.7. The van der Waals surface area contributed by atoms with E-state index in [1.807, 2.05) is 18.7 Å². The molecule has 0 radical (unpaired) electrons. The summed E-state index contributed by atoms with van der Waals surface area (Å²) in [5, 5.41) is 13.9. The molecule has 1 atom stereocenters. The number of rotatable bonds is 11. The lowest BCUT2D eigenvalue weighted by Gasteiger charge is -2.23. The van der Waals surface area contributed by atoms with Crippen LogP contribution in [-0.4, -0.2) is 35.2 Å². The van der Waals surface area contributed by atoms with E-state index in [4.69, 9.17) is 4.84 Å². The van der Waals surface area contributed by atoms with Crippen molar-refractivity contribution in [3.05, 3.63) is 11.3 Å². The number of carbonyl (C=O) groups is 1. The summed E-state index contributed by atoms with van der Waals surface area (Å²) in [6.45, 7) is 4.62. The first-order valence-electron chi connectivity index (χ1n) is 8.34. The van der Waals surface area contributed by atoms with Gasteiger partial charge in [0, 0.05) is 24.6 Å². The molecule has 0 spiro atoms. The topological polar surface area (TPSA) is 58.9 Å². The minimum Gasteiger partial charge on any atom is -0.512 e. The number of aliphatic hydroxyl groups excluding tert-OH is 1. The molecule has 0 aromatic rings. The number of hydrogen-bond donors (Lipinski definition) is 1. The van der Waals surface area contributed by atoms with Crippen molar-refractivity contribution in [2.24, 2.45) is 11.1 Å². The van der Waals surface area contributed by atoms with Gasteiger partial charge in [0.05, 0.1) is 5.76 Å². The van der Waals surface area contributed by atoms with Crippen molar-refractivity contribution in [1.82, 2.24) is 0 Å². The molecule has 0 saturated heterocycles. The van der Waals surface area contributed by atoms with E-state index in [1.165, 1.54) is 0 Å². The van der Waals surface area contributed by atoms with Gasteiger partial charge in [-0.1, -0.05) is 12.1 Å². The van der Waals surface area contributed by atoms with Gasteiger partial charge in [-0.2, -0.15) is 11.8 Å². The maximum atomic E-state index is 12.2. The Kier molecular flexibility index (Phi) is 10.0. The minimum atomic E-state index is 0.138. The molecule has 0 heterocycles. The molecule has 1 aliphatic carbocycles. The van der Waals surface area contributed by atoms with E-state index in [0.29, 0.717) is 43.1 Å². The predicted octanol–water partition coefficient (Wildman–Crippen LogP) is 4.50. The second-order valence-electron chi connectivity index (χ2n) is 5.56. The third kappa shape index (κ3) is 7.34. The molecule has 1 N–H and O–H groups in total. The summed E-state index contributed by atoms with van der Waals surface area (Å²) in [5.74, 6) is 3.08. The molecule has 0 amide bonds. The molecular weight excluding hydrogens is 298 g/mol. The fourth-order valence-corrected chi connectivity index (χ4v) is 3.33. The number of thioether (sulfide) groups is 1. The highest BCUT2D eigenvalue weighted by atomic mass is 32.2. The molecule has 0 aromatic heterocycles. The van der Waals surface area contributed by atoms with Crippen LogP contribution in [0.1, 0.15) is 58.8 Å². The number of nitrogens with zero attached hydrogens (tertiary/aromatic N) is 1. The largest absolute Gasteiger partial charge is 0.512 e. The van der Waals surface area contributed by atoms with Crippen LogP contribution in [0.25, 0.3) is 0 Å². The average molecular weight is 327 g/mol. The van der Waals surface area contributed by atoms with Gasteiger partial charge in [-0.25, -0.2) is 0 Å². The fourth-order valence-electron chi connectivity index (χ4n) is 2.67. The summed E-state index contributed by atoms with van der Waals surface area (Å²) >= 11 is 1.94. The zero-order chi connectivity index (χ0) is 16.2. The van der Waals surface area contributed by atoms with Crippen molar-refractivity contribution in [3.8, 4) is 0 Å². The lowest BCUT2D eigenvalue weighted by atomic mass is 9.83. The summed E-state index contributed by atoms with van der Waals surface area (Å²) in [5.41, 5.74) is 0.643. The molecule has 126 valence electrons. The summed E-state index contributed by atoms with van der Waals surface area (Å²) < 4.78 is 0. The van der Waals surface area contributed by atoms with Crippen molar-refractivity contribution in [2.45, 2.75) is 58.8 Å². The molecule has 0 saturated carbocycles. The Morgan fingerprint density at radius 2 is 2.18 bits per heavy atom. The highest BCUT2D eigenvalue weighted by molar-refractivity contribution is 7.99. The quantitative estimate of drug-likeness (QED) is 0.345. The van der Waals surface area contributed by atoms with Gasteiger partial charge in [0.15, 0.2) is 5.78 Å². The van der Waals surface area contributed by atoms with Crippen molar-refractivity contribution in [2.75, 3.05) is 18.1 Å². The first-order valence-corrected chi connectivity index (χ1v) is 9.50. The second-order valence-corrected chi connectivity index (χ2v) is 6.95. The number of aliphatic hydroxyl groups is 1. The first kappa shape index (κ1) is 19.1. The number of carbonyl (C=O) groups excluding carboxylic acids is 1. The summed E-state index contributed by atoms with van der Waals surface area (Å²) in [6, 6.07) is 0. The van der Waals surface area contributed by atoms with Crippen molar-refractivity contribution < 1.29 is 14.7 Å². The lowest BCUT2D eigenvalue weighted by molar-refractivity contribution is -0.117. The summed E-state index contributed by atoms with van der Waals surface area (Å²) in [6.07, 6.45) is 7.39. The highest BCUT2D eigenvalue weighted by Crippen LogP contribution is 2.31. The van der Waals surface area contributed by atoms with E-state index in [9.17, 15) is 9.90 Å². The van der Waals surface area contributed by atoms with Crippen LogP contribution < -0.4 is 0 Å². The smallest absolute Gasteiger partial charge is 0.162 e. The van der Waals surface area contributed by atoms with Gasteiger partial charge in [-0.3, -0.25) is 4.79 Å². The van der Waals surface area contributed by atoms with Gasteiger partial charge >= 0.3 is 0 Å². The number of hydrogen-bond acceptors (Lipinski definition) is 5. The van der Waals surface area contributed by atoms with E-state index >= 15 is 0 Å². The van der Waals surface area contributed by atoms with Crippen LogP contribution in [0.15, 0.2) is 16.5 Å². The molecule has 1 unspecified atom stereocenters. The molecule has 4 nitrogen and oxygen atoms in total. The number of oxime groups is 1. The standard InChI is InChI=1S/C17H29NO3S/c1-3-21-18-10-6-5-9-15-16(19)12-14(13-17(15)20)8-7-11-22-4-2/h10,14,19H,3-9,11-13H2,1-2H3. The summed E-state index contributed by atoms with van der Waals surface area (Å²) in [7, 11) is 0. The van der Waals surface area contributed by atoms with Gasteiger partial charge in [0.1, 0.15) is 6.61 Å². The lowest BCUT2D eigenvalue weighted by Crippen LogP contribution is -2.20. The van der Waals surface area contributed by atoms with Crippen LogP contribution in [0.3, 0.4) is 0 Å². The Hall–Kier alpha value is -0.970. The number of allylic oxidation sites excluding steroid dienone is 2. The zero-order valence-electron chi connectivity index (χ0n) is 13.8. The third-order valence-electron chi connectivity index (χ3n) is 3.78. The van der Waals surface area contributed by atoms with Gasteiger partial charge in [-0.15, -0.1) is 0 Å². The number of unbranched alkanes of at least 4 members (excludes halogenated alkanes) is 1. The fraction of sp³-hybridized carbons (Fsp3) is 0.765. The monoisotopic (exact) mass is 327 g/mol. The Morgan fingerprint density at radius 3 is 2.86 bits per heavy atom. The van der Waals surface area contributed by atoms with E-state index in [1.54, 1.807) is 6.21 Å². The van der Waals surface area contributed by atoms with Crippen molar-refractivity contribution in [1.29, 1.82) is 0 Å². The van der Waals surface area contributed by atoms with Crippen LogP contribution in [0, 0.1) is 5.92 Å². The molecule has 0 bridgehead atoms. The molecular formula is C17H29NO3S. The van der Waals surface area contributed by atoms with E-state index in [0.717, 1.165) is 37.2 Å². The van der Waals surface area contributed by atoms with Crippen LogP contribution in [0.5, 0.6) is 0 Å². The molecule has 0 aromatic carbocycles. The van der Waals surface area contributed by atoms with Gasteiger partial charge in [-0.05, 0) is 56.5 Å². The predicted molar refractivity (Wildman–Crippen MR) is 93.6 cm³/mol. The maximum absolute atomic E-state index is 12.2. The Bertz CT molecular complexity index is 393. The Morgan fingerprint density at radius 1 is 1.36 bits per heavy atom. The van der Waals surface area contributed by atoms with E-state index in [2.05, 4.69) is 12.1 Å². The van der Waals surface area contributed by atoms with Crippen LogP contribution >= 0.6 is 11.8 Å². The summed E-state index contributed by atoms with van der Waals surface area (Å²) in [4.78, 5) is 17.1. The van der Waals surface area contributed by atoms with E-state index < -0.39 is 0 Å². The zero-order valence-corrected chi connectivity index (χ0v) is 14.7. The molecule has 5 heteroatoms. The van der Waals surface area contributed by atoms with Gasteiger partial charge < -0.3 is 9.94 Å².